The number of halogens is 5. The zero-order valence-corrected chi connectivity index (χ0v) is 22.3. The van der Waals surface area contributed by atoms with Crippen molar-refractivity contribution in [2.45, 2.75) is 18.6 Å². The predicted octanol–water partition coefficient (Wildman–Crippen LogP) is 3.69. The quantitative estimate of drug-likeness (QED) is 0.317. The standard InChI is InChI=1S/C25H19ClF4N4O5S/c1-32-19(25(28,29)30)11-20(35)34(24(32)38)17-10-16(14(26)9-15(17)27)31-23-33(21(36)12-40-23)18(22(37)39-2)8-13-6-4-3-5-7-13/h3-7,9-11,18H,8,12H2,1-2H3/b31-23-. The average Bonchev–Trinajstić information content (AvgIpc) is 3.26. The minimum absolute atomic E-state index is 0.00320. The van der Waals surface area contributed by atoms with Crippen molar-refractivity contribution in [1.82, 2.24) is 14.0 Å². The Labute approximate surface area is 232 Å². The first-order valence-corrected chi connectivity index (χ1v) is 12.7. The second-order valence-corrected chi connectivity index (χ2v) is 9.82. The first kappa shape index (κ1) is 29.1. The van der Waals surface area contributed by atoms with Gasteiger partial charge in [0.25, 0.3) is 5.56 Å². The van der Waals surface area contributed by atoms with Crippen LogP contribution in [-0.4, -0.2) is 50.0 Å². The number of amides is 1. The molecule has 9 nitrogen and oxygen atoms in total. The van der Waals surface area contributed by atoms with Gasteiger partial charge in [0.2, 0.25) is 5.91 Å². The van der Waals surface area contributed by atoms with Crippen LogP contribution in [-0.2, 0) is 34.0 Å². The molecule has 0 spiro atoms. The SMILES string of the molecule is COC(=O)C(Cc1ccccc1)N1C(=O)CS/C1=N\c1cc(-n2c(=O)cc(C(F)(F)F)n(C)c2=O)c(F)cc1Cl. The molecule has 1 fully saturated rings. The third-order valence-electron chi connectivity index (χ3n) is 5.94. The van der Waals surface area contributed by atoms with Gasteiger partial charge >= 0.3 is 17.8 Å². The molecule has 2 aromatic carbocycles. The Morgan fingerprint density at radius 2 is 1.82 bits per heavy atom. The number of benzene rings is 2. The Morgan fingerprint density at radius 3 is 2.45 bits per heavy atom. The van der Waals surface area contributed by atoms with E-state index >= 15 is 0 Å². The number of esters is 1. The fourth-order valence-electron chi connectivity index (χ4n) is 4.02. The van der Waals surface area contributed by atoms with Gasteiger partial charge in [-0.25, -0.2) is 23.5 Å². The van der Waals surface area contributed by atoms with Gasteiger partial charge < -0.3 is 4.74 Å². The summed E-state index contributed by atoms with van der Waals surface area (Å²) in [6, 6.07) is 9.48. The number of thioether (sulfide) groups is 1. The van der Waals surface area contributed by atoms with E-state index in [9.17, 15) is 36.7 Å². The highest BCUT2D eigenvalue weighted by atomic mass is 35.5. The van der Waals surface area contributed by atoms with Gasteiger partial charge in [-0.1, -0.05) is 53.7 Å². The van der Waals surface area contributed by atoms with Crippen LogP contribution in [0.3, 0.4) is 0 Å². The third kappa shape index (κ3) is 5.68. The molecule has 15 heteroatoms. The van der Waals surface area contributed by atoms with E-state index in [4.69, 9.17) is 16.3 Å². The molecule has 0 aliphatic carbocycles. The summed E-state index contributed by atoms with van der Waals surface area (Å²) in [5, 5.41) is -0.286. The minimum atomic E-state index is -5.01. The molecule has 1 aromatic heterocycles. The number of methoxy groups -OCH3 is 1. The van der Waals surface area contributed by atoms with Crippen LogP contribution in [0.2, 0.25) is 5.02 Å². The molecular formula is C25H19ClF4N4O5S. The Hall–Kier alpha value is -3.91. The largest absolute Gasteiger partial charge is 0.467 e. The summed E-state index contributed by atoms with van der Waals surface area (Å²) < 4.78 is 59.9. The van der Waals surface area contributed by atoms with Gasteiger partial charge in [-0.05, 0) is 17.7 Å². The summed E-state index contributed by atoms with van der Waals surface area (Å²) in [5.74, 6) is -2.47. The molecule has 210 valence electrons. The van der Waals surface area contributed by atoms with Gasteiger partial charge in [0, 0.05) is 19.5 Å². The van der Waals surface area contributed by atoms with E-state index in [1.54, 1.807) is 30.3 Å². The first-order valence-electron chi connectivity index (χ1n) is 11.4. The van der Waals surface area contributed by atoms with Crippen LogP contribution in [0.5, 0.6) is 0 Å². The highest BCUT2D eigenvalue weighted by Gasteiger charge is 2.39. The van der Waals surface area contributed by atoms with Gasteiger partial charge in [-0.2, -0.15) is 13.2 Å². The molecule has 1 aliphatic rings. The summed E-state index contributed by atoms with van der Waals surface area (Å²) in [4.78, 5) is 56.2. The molecule has 1 amide bonds. The Kier molecular flexibility index (Phi) is 8.21. The Balaban J connectivity index is 1.82. The molecule has 0 saturated carbocycles. The maximum atomic E-state index is 14.9. The van der Waals surface area contributed by atoms with E-state index in [1.807, 2.05) is 0 Å². The van der Waals surface area contributed by atoms with Crippen LogP contribution in [0.1, 0.15) is 11.3 Å². The molecule has 1 saturated heterocycles. The zero-order chi connectivity index (χ0) is 29.4. The fourth-order valence-corrected chi connectivity index (χ4v) is 5.14. The van der Waals surface area contributed by atoms with Crippen LogP contribution < -0.4 is 11.2 Å². The predicted molar refractivity (Wildman–Crippen MR) is 140 cm³/mol. The lowest BCUT2D eigenvalue weighted by Crippen LogP contribution is -2.46. The molecule has 40 heavy (non-hydrogen) atoms. The number of amidine groups is 1. The lowest BCUT2D eigenvalue weighted by molar-refractivity contribution is -0.148. The molecular weight excluding hydrogens is 580 g/mol. The number of hydrogen-bond acceptors (Lipinski definition) is 7. The number of carbonyl (C=O) groups excluding carboxylic acids is 2. The fraction of sp³-hybridized carbons (Fsp3) is 0.240. The summed E-state index contributed by atoms with van der Waals surface area (Å²) in [7, 11) is 1.95. The molecule has 2 heterocycles. The second-order valence-electron chi connectivity index (χ2n) is 8.47. The number of ether oxygens (including phenoxy) is 1. The third-order valence-corrected chi connectivity index (χ3v) is 7.18. The number of carbonyl (C=O) groups is 2. The van der Waals surface area contributed by atoms with Crippen molar-refractivity contribution < 1.29 is 31.9 Å². The minimum Gasteiger partial charge on any atom is -0.467 e. The topological polar surface area (TPSA) is 103 Å². The number of alkyl halides is 3. The number of aliphatic imine (C=N–C) groups is 1. The summed E-state index contributed by atoms with van der Waals surface area (Å²) in [6.45, 7) is 0. The number of hydrogen-bond donors (Lipinski definition) is 0. The summed E-state index contributed by atoms with van der Waals surface area (Å²) in [5.41, 5.74) is -4.61. The monoisotopic (exact) mass is 598 g/mol. The van der Waals surface area contributed by atoms with E-state index in [2.05, 4.69) is 4.99 Å². The van der Waals surface area contributed by atoms with Crippen molar-refractivity contribution >= 4 is 46.1 Å². The second kappa shape index (κ2) is 11.3. The number of nitrogens with zero attached hydrogens (tertiary/aromatic N) is 4. The van der Waals surface area contributed by atoms with Crippen molar-refractivity contribution in [2.24, 2.45) is 12.0 Å². The number of aromatic nitrogens is 2. The normalized spacial score (nSPS) is 15.5. The molecule has 1 atom stereocenters. The van der Waals surface area contributed by atoms with Crippen LogP contribution in [0, 0.1) is 5.82 Å². The van der Waals surface area contributed by atoms with Gasteiger partial charge in [0.05, 0.1) is 29.3 Å². The molecule has 1 unspecified atom stereocenters. The van der Waals surface area contributed by atoms with Crippen LogP contribution >= 0.6 is 23.4 Å². The molecule has 0 bridgehead atoms. The average molecular weight is 599 g/mol. The maximum Gasteiger partial charge on any atom is 0.431 e. The van der Waals surface area contributed by atoms with E-state index < -0.39 is 52.5 Å². The molecule has 4 rings (SSSR count). The highest BCUT2D eigenvalue weighted by Crippen LogP contribution is 2.34. The van der Waals surface area contributed by atoms with Crippen molar-refractivity contribution in [3.05, 3.63) is 91.5 Å². The molecule has 0 radical (unpaired) electrons. The van der Waals surface area contributed by atoms with Gasteiger partial charge in [0.15, 0.2) is 5.17 Å². The number of rotatable bonds is 6. The lowest BCUT2D eigenvalue weighted by atomic mass is 10.0. The summed E-state index contributed by atoms with van der Waals surface area (Å²) >= 11 is 7.13. The van der Waals surface area contributed by atoms with Crippen LogP contribution in [0.25, 0.3) is 5.69 Å². The van der Waals surface area contributed by atoms with Crippen LogP contribution in [0.4, 0.5) is 23.2 Å². The maximum absolute atomic E-state index is 14.9. The van der Waals surface area contributed by atoms with Crippen molar-refractivity contribution in [3.63, 3.8) is 0 Å². The van der Waals surface area contributed by atoms with Gasteiger partial charge in [0.1, 0.15) is 17.6 Å². The van der Waals surface area contributed by atoms with E-state index in [1.165, 1.54) is 0 Å². The highest BCUT2D eigenvalue weighted by molar-refractivity contribution is 8.15. The van der Waals surface area contributed by atoms with Gasteiger partial charge in [-0.3, -0.25) is 19.1 Å². The smallest absolute Gasteiger partial charge is 0.431 e. The van der Waals surface area contributed by atoms with Crippen molar-refractivity contribution in [3.8, 4) is 5.69 Å². The van der Waals surface area contributed by atoms with Crippen molar-refractivity contribution in [1.29, 1.82) is 0 Å². The van der Waals surface area contributed by atoms with E-state index in [0.29, 0.717) is 0 Å². The zero-order valence-electron chi connectivity index (χ0n) is 20.7. The van der Waals surface area contributed by atoms with Gasteiger partial charge in [-0.15, -0.1) is 0 Å². The Bertz CT molecular complexity index is 1640. The Morgan fingerprint density at radius 1 is 1.15 bits per heavy atom. The summed E-state index contributed by atoms with van der Waals surface area (Å²) in [6.07, 6.45) is -4.92. The lowest BCUT2D eigenvalue weighted by Gasteiger charge is -2.25. The molecule has 3 aromatic rings. The van der Waals surface area contributed by atoms with E-state index in [0.717, 1.165) is 48.5 Å². The van der Waals surface area contributed by atoms with Crippen molar-refractivity contribution in [2.75, 3.05) is 12.9 Å². The molecule has 0 N–H and O–H groups in total. The molecule has 1 aliphatic heterocycles. The first-order chi connectivity index (χ1) is 18.8. The van der Waals surface area contributed by atoms with E-state index in [-0.39, 0.29) is 43.3 Å². The van der Waals surface area contributed by atoms with Crippen LogP contribution in [0.15, 0.2) is 63.1 Å².